The molecule has 4 nitrogen and oxygen atoms in total. The third kappa shape index (κ3) is 3.12. The van der Waals surface area contributed by atoms with Crippen molar-refractivity contribution in [3.8, 4) is 0 Å². The fraction of sp³-hybridized carbons (Fsp3) is 0.786. The number of aliphatic hydroxyl groups is 1. The van der Waals surface area contributed by atoms with E-state index in [0.717, 1.165) is 31.6 Å². The van der Waals surface area contributed by atoms with Crippen molar-refractivity contribution in [3.05, 3.63) is 18.0 Å². The van der Waals surface area contributed by atoms with E-state index in [9.17, 15) is 5.11 Å². The number of piperidine rings is 1. The van der Waals surface area contributed by atoms with Crippen LogP contribution in [0.5, 0.6) is 0 Å². The molecule has 2 heterocycles. The van der Waals surface area contributed by atoms with Crippen LogP contribution in [0, 0.1) is 5.92 Å². The standard InChI is InChI=1S/C14H25N3O/c1-11(2)17-8-6-13(16-17)9-14(3,18)12-5-4-7-15-10-12/h6,8,11-12,15,18H,4-5,7,9-10H2,1-3H3. The lowest BCUT2D eigenvalue weighted by Gasteiger charge is -2.35. The molecule has 0 saturated carbocycles. The molecule has 1 saturated heterocycles. The zero-order valence-electron chi connectivity index (χ0n) is 11.7. The zero-order valence-corrected chi connectivity index (χ0v) is 11.7. The predicted molar refractivity (Wildman–Crippen MR) is 72.5 cm³/mol. The predicted octanol–water partition coefficient (Wildman–Crippen LogP) is 1.76. The number of rotatable bonds is 4. The molecule has 18 heavy (non-hydrogen) atoms. The molecule has 2 N–H and O–H groups in total. The van der Waals surface area contributed by atoms with Gasteiger partial charge in [-0.3, -0.25) is 4.68 Å². The molecule has 0 aliphatic carbocycles. The van der Waals surface area contributed by atoms with Gasteiger partial charge in [0.2, 0.25) is 0 Å². The molecular formula is C14H25N3O. The lowest BCUT2D eigenvalue weighted by molar-refractivity contribution is -0.0111. The van der Waals surface area contributed by atoms with Crippen LogP contribution in [0.1, 0.15) is 45.3 Å². The summed E-state index contributed by atoms with van der Waals surface area (Å²) in [5.41, 5.74) is 0.322. The summed E-state index contributed by atoms with van der Waals surface area (Å²) in [6.07, 6.45) is 4.89. The molecule has 1 aromatic rings. The highest BCUT2D eigenvalue weighted by atomic mass is 16.3. The van der Waals surface area contributed by atoms with Gasteiger partial charge < -0.3 is 10.4 Å². The second kappa shape index (κ2) is 5.41. The van der Waals surface area contributed by atoms with Crippen molar-refractivity contribution >= 4 is 0 Å². The summed E-state index contributed by atoms with van der Waals surface area (Å²) >= 11 is 0. The van der Waals surface area contributed by atoms with E-state index < -0.39 is 5.60 Å². The van der Waals surface area contributed by atoms with E-state index in [1.54, 1.807) is 0 Å². The van der Waals surface area contributed by atoms with Crippen LogP contribution in [0.3, 0.4) is 0 Å². The Bertz CT molecular complexity index is 378. The SMILES string of the molecule is CC(C)n1ccc(CC(C)(O)C2CCCNC2)n1. The van der Waals surface area contributed by atoms with Gasteiger partial charge in [-0.25, -0.2) is 0 Å². The molecule has 1 aromatic heterocycles. The highest BCUT2D eigenvalue weighted by Gasteiger charge is 2.33. The van der Waals surface area contributed by atoms with Crippen LogP contribution < -0.4 is 5.32 Å². The normalized spacial score (nSPS) is 24.2. The summed E-state index contributed by atoms with van der Waals surface area (Å²) in [6, 6.07) is 2.39. The van der Waals surface area contributed by atoms with Gasteiger partial charge in [-0.15, -0.1) is 0 Å². The number of hydrogen-bond donors (Lipinski definition) is 2. The fourth-order valence-corrected chi connectivity index (χ4v) is 2.65. The molecule has 0 amide bonds. The van der Waals surface area contributed by atoms with Crippen LogP contribution >= 0.6 is 0 Å². The average molecular weight is 251 g/mol. The molecule has 2 rings (SSSR count). The summed E-state index contributed by atoms with van der Waals surface area (Å²) < 4.78 is 1.95. The van der Waals surface area contributed by atoms with E-state index in [0.29, 0.717) is 18.4 Å². The second-order valence-corrected chi connectivity index (χ2v) is 5.96. The Labute approximate surface area is 109 Å². The first-order chi connectivity index (χ1) is 8.49. The Kier molecular flexibility index (Phi) is 4.07. The van der Waals surface area contributed by atoms with Crippen molar-refractivity contribution in [1.82, 2.24) is 15.1 Å². The van der Waals surface area contributed by atoms with Crippen molar-refractivity contribution in [2.75, 3.05) is 13.1 Å². The molecule has 1 aliphatic heterocycles. The monoisotopic (exact) mass is 251 g/mol. The van der Waals surface area contributed by atoms with Gasteiger partial charge in [0.1, 0.15) is 0 Å². The van der Waals surface area contributed by atoms with E-state index in [4.69, 9.17) is 0 Å². The molecular weight excluding hydrogens is 226 g/mol. The Morgan fingerprint density at radius 1 is 1.61 bits per heavy atom. The maximum absolute atomic E-state index is 10.7. The Morgan fingerprint density at radius 3 is 2.94 bits per heavy atom. The second-order valence-electron chi connectivity index (χ2n) is 5.96. The van der Waals surface area contributed by atoms with Crippen LogP contribution in [0.4, 0.5) is 0 Å². The van der Waals surface area contributed by atoms with Crippen molar-refractivity contribution in [3.63, 3.8) is 0 Å². The lowest BCUT2D eigenvalue weighted by atomic mass is 9.80. The summed E-state index contributed by atoms with van der Waals surface area (Å²) in [7, 11) is 0. The van der Waals surface area contributed by atoms with Gasteiger partial charge >= 0.3 is 0 Å². The van der Waals surface area contributed by atoms with Crippen molar-refractivity contribution in [2.45, 2.75) is 51.7 Å². The van der Waals surface area contributed by atoms with Crippen LogP contribution in [0.2, 0.25) is 0 Å². The highest BCUT2D eigenvalue weighted by molar-refractivity contribution is 5.05. The topological polar surface area (TPSA) is 50.1 Å². The lowest BCUT2D eigenvalue weighted by Crippen LogP contribution is -2.45. The Morgan fingerprint density at radius 2 is 2.39 bits per heavy atom. The van der Waals surface area contributed by atoms with Gasteiger partial charge in [-0.05, 0) is 46.2 Å². The number of hydrogen-bond acceptors (Lipinski definition) is 3. The van der Waals surface area contributed by atoms with Gasteiger partial charge in [0.25, 0.3) is 0 Å². The molecule has 0 radical (unpaired) electrons. The molecule has 4 heteroatoms. The third-order valence-electron chi connectivity index (χ3n) is 3.91. The van der Waals surface area contributed by atoms with Crippen molar-refractivity contribution < 1.29 is 5.11 Å². The van der Waals surface area contributed by atoms with Gasteiger partial charge in [0.05, 0.1) is 11.3 Å². The van der Waals surface area contributed by atoms with Gasteiger partial charge in [0.15, 0.2) is 0 Å². The minimum atomic E-state index is -0.663. The van der Waals surface area contributed by atoms with Crippen LogP contribution in [-0.4, -0.2) is 33.6 Å². The first-order valence-electron chi connectivity index (χ1n) is 6.96. The van der Waals surface area contributed by atoms with E-state index in [-0.39, 0.29) is 0 Å². The molecule has 102 valence electrons. The average Bonchev–Trinajstić information content (AvgIpc) is 2.78. The Hall–Kier alpha value is -0.870. The summed E-state index contributed by atoms with van der Waals surface area (Å²) in [6.45, 7) is 8.16. The van der Waals surface area contributed by atoms with Gasteiger partial charge in [-0.2, -0.15) is 5.10 Å². The van der Waals surface area contributed by atoms with Crippen LogP contribution in [0.15, 0.2) is 12.3 Å². The number of nitrogens with zero attached hydrogens (tertiary/aromatic N) is 2. The molecule has 0 spiro atoms. The molecule has 1 fully saturated rings. The first-order valence-corrected chi connectivity index (χ1v) is 6.96. The molecule has 2 unspecified atom stereocenters. The maximum atomic E-state index is 10.7. The van der Waals surface area contributed by atoms with E-state index >= 15 is 0 Å². The fourth-order valence-electron chi connectivity index (χ4n) is 2.65. The summed E-state index contributed by atoms with van der Waals surface area (Å²) in [4.78, 5) is 0. The highest BCUT2D eigenvalue weighted by Crippen LogP contribution is 2.27. The van der Waals surface area contributed by atoms with E-state index in [1.807, 2.05) is 23.9 Å². The van der Waals surface area contributed by atoms with Crippen molar-refractivity contribution in [1.29, 1.82) is 0 Å². The van der Waals surface area contributed by atoms with Gasteiger partial charge in [0, 0.05) is 31.1 Å². The smallest absolute Gasteiger partial charge is 0.0715 e. The number of aromatic nitrogens is 2. The number of nitrogens with one attached hydrogen (secondary N) is 1. The van der Waals surface area contributed by atoms with Crippen LogP contribution in [-0.2, 0) is 6.42 Å². The minimum Gasteiger partial charge on any atom is -0.389 e. The quantitative estimate of drug-likeness (QED) is 0.857. The zero-order chi connectivity index (χ0) is 13.2. The molecule has 2 atom stereocenters. The maximum Gasteiger partial charge on any atom is 0.0715 e. The van der Waals surface area contributed by atoms with E-state index in [1.165, 1.54) is 0 Å². The Balaban J connectivity index is 2.01. The van der Waals surface area contributed by atoms with Gasteiger partial charge in [-0.1, -0.05) is 0 Å². The molecule has 0 aromatic carbocycles. The summed E-state index contributed by atoms with van der Waals surface area (Å²) in [5, 5.41) is 18.5. The third-order valence-corrected chi connectivity index (χ3v) is 3.91. The summed E-state index contributed by atoms with van der Waals surface area (Å²) in [5.74, 6) is 0.329. The molecule has 1 aliphatic rings. The largest absolute Gasteiger partial charge is 0.389 e. The first kappa shape index (κ1) is 13.6. The van der Waals surface area contributed by atoms with E-state index in [2.05, 4.69) is 24.3 Å². The minimum absolute atomic E-state index is 0.329. The molecule has 0 bridgehead atoms. The van der Waals surface area contributed by atoms with Crippen molar-refractivity contribution in [2.24, 2.45) is 5.92 Å². The van der Waals surface area contributed by atoms with Crippen LogP contribution in [0.25, 0.3) is 0 Å².